The van der Waals surface area contributed by atoms with Gasteiger partial charge in [0.05, 0.1) is 17.0 Å². The Hall–Kier alpha value is -2.93. The molecule has 1 aliphatic heterocycles. The van der Waals surface area contributed by atoms with E-state index in [0.717, 1.165) is 12.1 Å². The van der Waals surface area contributed by atoms with Crippen molar-refractivity contribution in [2.75, 3.05) is 12.0 Å². The van der Waals surface area contributed by atoms with Crippen LogP contribution < -0.4 is 16.2 Å². The highest BCUT2D eigenvalue weighted by Gasteiger charge is 2.36. The van der Waals surface area contributed by atoms with Crippen LogP contribution in [0.3, 0.4) is 0 Å². The lowest BCUT2D eigenvalue weighted by molar-refractivity contribution is -0.137. The third-order valence-corrected chi connectivity index (χ3v) is 4.39. The largest absolute Gasteiger partial charge is 0.422 e. The maximum atomic E-state index is 12.8. The summed E-state index contributed by atoms with van der Waals surface area (Å²) < 4.78 is 43.8. The summed E-state index contributed by atoms with van der Waals surface area (Å²) in [5, 5.41) is 9.81. The average Bonchev–Trinajstić information content (AvgIpc) is 2.59. The zero-order valence-corrected chi connectivity index (χ0v) is 14.1. The summed E-state index contributed by atoms with van der Waals surface area (Å²) in [5.74, 6) is -0.829. The fourth-order valence-electron chi connectivity index (χ4n) is 2.65. The van der Waals surface area contributed by atoms with Gasteiger partial charge in [0.25, 0.3) is 0 Å². The minimum absolute atomic E-state index is 0.0319. The van der Waals surface area contributed by atoms with Crippen LogP contribution in [0.25, 0.3) is 0 Å². The normalized spacial score (nSPS) is 16.7. The van der Waals surface area contributed by atoms with Crippen LogP contribution in [0.15, 0.2) is 40.9 Å². The number of rotatable bonds is 2. The maximum absolute atomic E-state index is 12.8. The molecule has 0 aliphatic carbocycles. The molecular formula is C16H12F3N5OS. The first-order valence-electron chi connectivity index (χ1n) is 7.22. The molecule has 0 fully saturated rings. The van der Waals surface area contributed by atoms with Crippen molar-refractivity contribution in [1.82, 2.24) is 9.97 Å². The SMILES string of the molecule is CSc1nc(N)c2c(n1)OC(N)=C(C#N)C2c1ccc(C(F)(F)F)cc1. The zero-order chi connectivity index (χ0) is 19.1. The first-order valence-corrected chi connectivity index (χ1v) is 8.45. The van der Waals surface area contributed by atoms with Crippen molar-refractivity contribution in [3.05, 3.63) is 52.4 Å². The smallest absolute Gasteiger partial charge is 0.416 e. The van der Waals surface area contributed by atoms with Crippen LogP contribution >= 0.6 is 11.8 Å². The Balaban J connectivity index is 2.18. The van der Waals surface area contributed by atoms with E-state index < -0.39 is 17.7 Å². The van der Waals surface area contributed by atoms with Gasteiger partial charge in [0, 0.05) is 0 Å². The molecule has 2 aromatic rings. The molecule has 3 rings (SSSR count). The van der Waals surface area contributed by atoms with E-state index in [4.69, 9.17) is 16.2 Å². The second-order valence-electron chi connectivity index (χ2n) is 5.36. The number of ether oxygens (including phenoxy) is 1. The van der Waals surface area contributed by atoms with Gasteiger partial charge in [-0.25, -0.2) is 4.98 Å². The zero-order valence-electron chi connectivity index (χ0n) is 13.3. The summed E-state index contributed by atoms with van der Waals surface area (Å²) in [7, 11) is 0. The Morgan fingerprint density at radius 3 is 2.38 bits per heavy atom. The molecule has 26 heavy (non-hydrogen) atoms. The number of nitrogens with two attached hydrogens (primary N) is 2. The molecule has 2 heterocycles. The molecule has 134 valence electrons. The van der Waals surface area contributed by atoms with Gasteiger partial charge in [-0.3, -0.25) is 0 Å². The van der Waals surface area contributed by atoms with Crippen molar-refractivity contribution in [3.63, 3.8) is 0 Å². The molecule has 1 aromatic carbocycles. The predicted molar refractivity (Wildman–Crippen MR) is 89.0 cm³/mol. The van der Waals surface area contributed by atoms with Gasteiger partial charge in [0.1, 0.15) is 17.5 Å². The van der Waals surface area contributed by atoms with Gasteiger partial charge in [-0.2, -0.15) is 23.4 Å². The number of anilines is 1. The molecule has 1 aliphatic rings. The molecule has 4 N–H and O–H groups in total. The molecule has 0 spiro atoms. The van der Waals surface area contributed by atoms with Crippen LogP contribution in [0.2, 0.25) is 0 Å². The van der Waals surface area contributed by atoms with Crippen LogP contribution in [0.4, 0.5) is 19.0 Å². The van der Waals surface area contributed by atoms with Crippen molar-refractivity contribution in [2.45, 2.75) is 17.3 Å². The highest BCUT2D eigenvalue weighted by Crippen LogP contribution is 2.44. The van der Waals surface area contributed by atoms with Crippen molar-refractivity contribution >= 4 is 17.6 Å². The van der Waals surface area contributed by atoms with Gasteiger partial charge in [0.2, 0.25) is 11.8 Å². The maximum Gasteiger partial charge on any atom is 0.416 e. The van der Waals surface area contributed by atoms with Crippen LogP contribution in [-0.4, -0.2) is 16.2 Å². The highest BCUT2D eigenvalue weighted by atomic mass is 32.2. The molecule has 0 radical (unpaired) electrons. The first kappa shape index (κ1) is 17.9. The number of hydrogen-bond acceptors (Lipinski definition) is 7. The number of halogens is 3. The summed E-state index contributed by atoms with van der Waals surface area (Å²) in [6.07, 6.45) is -2.72. The number of fused-ring (bicyclic) bond motifs is 1. The van der Waals surface area contributed by atoms with E-state index in [1.54, 1.807) is 6.26 Å². The van der Waals surface area contributed by atoms with Gasteiger partial charge in [-0.05, 0) is 24.0 Å². The van der Waals surface area contributed by atoms with Crippen molar-refractivity contribution in [3.8, 4) is 11.9 Å². The number of thioether (sulfide) groups is 1. The fourth-order valence-corrected chi connectivity index (χ4v) is 3.01. The lowest BCUT2D eigenvalue weighted by atomic mass is 9.84. The summed E-state index contributed by atoms with van der Waals surface area (Å²) in [6, 6.07) is 6.35. The predicted octanol–water partition coefficient (Wildman–Crippen LogP) is 3.02. The Labute approximate surface area is 150 Å². The number of nitrogens with zero attached hydrogens (tertiary/aromatic N) is 3. The highest BCUT2D eigenvalue weighted by molar-refractivity contribution is 7.98. The standard InChI is InChI=1S/C16H12F3N5OS/c1-26-15-23-12(21)11-10(9(6-20)13(22)25-14(11)24-15)7-2-4-8(5-3-7)16(17,18)19/h2-5,10H,22H2,1H3,(H2,21,23,24). The molecule has 10 heteroatoms. The molecular weight excluding hydrogens is 367 g/mol. The quantitative estimate of drug-likeness (QED) is 0.609. The van der Waals surface area contributed by atoms with Crippen LogP contribution in [0, 0.1) is 11.3 Å². The monoisotopic (exact) mass is 379 g/mol. The van der Waals surface area contributed by atoms with E-state index in [-0.39, 0.29) is 23.2 Å². The number of nitriles is 1. The lowest BCUT2D eigenvalue weighted by Crippen LogP contribution is -2.23. The minimum atomic E-state index is -4.46. The molecule has 0 saturated heterocycles. The molecule has 1 aromatic heterocycles. The Bertz CT molecular complexity index is 935. The van der Waals surface area contributed by atoms with Crippen LogP contribution in [0.5, 0.6) is 5.88 Å². The second kappa shape index (κ2) is 6.42. The molecule has 1 unspecified atom stereocenters. The first-order chi connectivity index (χ1) is 12.3. The molecule has 0 amide bonds. The van der Waals surface area contributed by atoms with Gasteiger partial charge < -0.3 is 16.2 Å². The van der Waals surface area contributed by atoms with Crippen LogP contribution in [0.1, 0.15) is 22.6 Å². The number of alkyl halides is 3. The average molecular weight is 379 g/mol. The Kier molecular flexibility index (Phi) is 4.41. The molecule has 6 nitrogen and oxygen atoms in total. The van der Waals surface area contributed by atoms with Crippen molar-refractivity contribution < 1.29 is 17.9 Å². The molecule has 1 atom stereocenters. The number of benzene rings is 1. The third-order valence-electron chi connectivity index (χ3n) is 3.84. The topological polar surface area (TPSA) is 111 Å². The van der Waals surface area contributed by atoms with E-state index in [1.807, 2.05) is 6.07 Å². The van der Waals surface area contributed by atoms with Crippen molar-refractivity contribution in [2.24, 2.45) is 5.73 Å². The van der Waals surface area contributed by atoms with Gasteiger partial charge in [0.15, 0.2) is 5.16 Å². The fraction of sp³-hybridized carbons (Fsp3) is 0.188. The number of allylic oxidation sites excluding steroid dienone is 1. The third kappa shape index (κ3) is 3.01. The summed E-state index contributed by atoms with van der Waals surface area (Å²) >= 11 is 1.24. The summed E-state index contributed by atoms with van der Waals surface area (Å²) in [5.41, 5.74) is 11.8. The van der Waals surface area contributed by atoms with E-state index in [2.05, 4.69) is 9.97 Å². The van der Waals surface area contributed by atoms with Crippen LogP contribution in [-0.2, 0) is 6.18 Å². The van der Waals surface area contributed by atoms with E-state index >= 15 is 0 Å². The van der Waals surface area contributed by atoms with Gasteiger partial charge in [-0.1, -0.05) is 23.9 Å². The number of hydrogen-bond donors (Lipinski definition) is 2. The van der Waals surface area contributed by atoms with Gasteiger partial charge in [-0.15, -0.1) is 0 Å². The Morgan fingerprint density at radius 1 is 1.19 bits per heavy atom. The van der Waals surface area contributed by atoms with E-state index in [0.29, 0.717) is 16.3 Å². The van der Waals surface area contributed by atoms with Crippen molar-refractivity contribution in [1.29, 1.82) is 5.26 Å². The number of nitrogen functional groups attached to an aromatic ring is 1. The minimum Gasteiger partial charge on any atom is -0.422 e. The van der Waals surface area contributed by atoms with E-state index in [9.17, 15) is 18.4 Å². The summed E-state index contributed by atoms with van der Waals surface area (Å²) in [4.78, 5) is 8.32. The van der Waals surface area contributed by atoms with E-state index in [1.165, 1.54) is 23.9 Å². The van der Waals surface area contributed by atoms with Gasteiger partial charge >= 0.3 is 6.18 Å². The number of aromatic nitrogens is 2. The lowest BCUT2D eigenvalue weighted by Gasteiger charge is -2.26. The Morgan fingerprint density at radius 2 is 1.85 bits per heavy atom. The summed E-state index contributed by atoms with van der Waals surface area (Å²) in [6.45, 7) is 0. The second-order valence-corrected chi connectivity index (χ2v) is 6.13. The molecule has 0 saturated carbocycles. The molecule has 0 bridgehead atoms.